The average molecular weight is 380 g/mol. The first-order valence-electron chi connectivity index (χ1n) is 7.45. The summed E-state index contributed by atoms with van der Waals surface area (Å²) in [4.78, 5) is 45.8. The molecule has 0 radical (unpaired) electrons. The Bertz CT molecular complexity index is 484. The molecular formula is C13H24N4O9. The van der Waals surface area contributed by atoms with Gasteiger partial charge in [-0.05, 0) is 0 Å². The third-order valence-electron chi connectivity index (χ3n) is 3.44. The number of carboxylic acid groups (broad SMARTS) is 4. The summed E-state index contributed by atoms with van der Waals surface area (Å²) in [5.41, 5.74) is 11.2. The fourth-order valence-corrected chi connectivity index (χ4v) is 2.36. The molecule has 0 aromatic carbocycles. The van der Waals surface area contributed by atoms with Gasteiger partial charge in [0, 0.05) is 25.2 Å². The number of hydrogen-bond acceptors (Lipinski definition) is 9. The van der Waals surface area contributed by atoms with Gasteiger partial charge >= 0.3 is 23.9 Å². The van der Waals surface area contributed by atoms with E-state index in [1.54, 1.807) is 0 Å². The SMILES string of the molecule is NCC(O)C(N)C(CN(CC(=O)O)CC(=O)O)N(CC(=O)O)CC(=O)O. The maximum absolute atomic E-state index is 11.0. The van der Waals surface area contributed by atoms with Crippen molar-refractivity contribution >= 4 is 23.9 Å². The molecule has 13 heteroatoms. The van der Waals surface area contributed by atoms with Crippen LogP contribution in [0.1, 0.15) is 0 Å². The van der Waals surface area contributed by atoms with E-state index >= 15 is 0 Å². The van der Waals surface area contributed by atoms with E-state index in [4.69, 9.17) is 31.9 Å². The molecule has 0 amide bonds. The fourth-order valence-electron chi connectivity index (χ4n) is 2.36. The van der Waals surface area contributed by atoms with Gasteiger partial charge in [0.1, 0.15) is 0 Å². The van der Waals surface area contributed by atoms with Gasteiger partial charge in [-0.1, -0.05) is 0 Å². The van der Waals surface area contributed by atoms with Crippen LogP contribution in [0.2, 0.25) is 0 Å². The number of aliphatic carboxylic acids is 4. The highest BCUT2D eigenvalue weighted by molar-refractivity contribution is 5.73. The summed E-state index contributed by atoms with van der Waals surface area (Å²) in [6, 6.07) is -2.43. The van der Waals surface area contributed by atoms with Gasteiger partial charge in [-0.25, -0.2) is 0 Å². The van der Waals surface area contributed by atoms with E-state index in [1.165, 1.54) is 0 Å². The molecule has 0 heterocycles. The summed E-state index contributed by atoms with van der Waals surface area (Å²) >= 11 is 0. The first-order chi connectivity index (χ1) is 12.0. The molecule has 13 nitrogen and oxygen atoms in total. The van der Waals surface area contributed by atoms with Gasteiger partial charge in [0.25, 0.3) is 0 Å². The fraction of sp³-hybridized carbons (Fsp3) is 0.692. The Kier molecular flexibility index (Phi) is 10.3. The highest BCUT2D eigenvalue weighted by Gasteiger charge is 2.34. The maximum Gasteiger partial charge on any atom is 0.317 e. The molecule has 0 fully saturated rings. The van der Waals surface area contributed by atoms with Gasteiger partial charge in [-0.2, -0.15) is 0 Å². The van der Waals surface area contributed by atoms with E-state index in [-0.39, 0.29) is 6.54 Å². The Morgan fingerprint density at radius 2 is 1.19 bits per heavy atom. The molecule has 9 N–H and O–H groups in total. The molecule has 0 spiro atoms. The molecule has 0 aromatic rings. The molecule has 0 rings (SSSR count). The van der Waals surface area contributed by atoms with Crippen LogP contribution < -0.4 is 11.5 Å². The second kappa shape index (κ2) is 11.3. The van der Waals surface area contributed by atoms with Crippen molar-refractivity contribution in [2.45, 2.75) is 18.2 Å². The molecule has 0 bridgehead atoms. The summed E-state index contributed by atoms with van der Waals surface area (Å²) in [6.07, 6.45) is -1.35. The smallest absolute Gasteiger partial charge is 0.317 e. The summed E-state index contributed by atoms with van der Waals surface area (Å²) in [6.45, 7) is -3.67. The van der Waals surface area contributed by atoms with Crippen molar-refractivity contribution in [2.24, 2.45) is 11.5 Å². The van der Waals surface area contributed by atoms with Crippen LogP contribution in [-0.4, -0.2) is 117 Å². The average Bonchev–Trinajstić information content (AvgIpc) is 2.48. The molecule has 26 heavy (non-hydrogen) atoms. The number of aliphatic hydroxyl groups excluding tert-OH is 1. The van der Waals surface area contributed by atoms with E-state index in [2.05, 4.69) is 0 Å². The van der Waals surface area contributed by atoms with Crippen molar-refractivity contribution in [3.63, 3.8) is 0 Å². The van der Waals surface area contributed by atoms with E-state index in [0.717, 1.165) is 9.80 Å². The monoisotopic (exact) mass is 380 g/mol. The van der Waals surface area contributed by atoms with Crippen molar-refractivity contribution in [3.8, 4) is 0 Å². The zero-order valence-corrected chi connectivity index (χ0v) is 13.9. The van der Waals surface area contributed by atoms with Crippen LogP contribution in [0.15, 0.2) is 0 Å². The van der Waals surface area contributed by atoms with Crippen LogP contribution in [0, 0.1) is 0 Å². The third-order valence-corrected chi connectivity index (χ3v) is 3.44. The van der Waals surface area contributed by atoms with Crippen LogP contribution in [0.3, 0.4) is 0 Å². The van der Waals surface area contributed by atoms with Crippen LogP contribution >= 0.6 is 0 Å². The molecule has 0 saturated heterocycles. The van der Waals surface area contributed by atoms with Crippen molar-refractivity contribution in [3.05, 3.63) is 0 Å². The third kappa shape index (κ3) is 9.24. The van der Waals surface area contributed by atoms with Crippen LogP contribution in [-0.2, 0) is 19.2 Å². The number of aliphatic hydroxyl groups is 1. The number of nitrogens with zero attached hydrogens (tertiary/aromatic N) is 2. The number of nitrogens with two attached hydrogens (primary N) is 2. The zero-order chi connectivity index (χ0) is 20.4. The topological polar surface area (TPSA) is 228 Å². The predicted octanol–water partition coefficient (Wildman–Crippen LogP) is -4.06. The van der Waals surface area contributed by atoms with Crippen molar-refractivity contribution < 1.29 is 44.7 Å². The van der Waals surface area contributed by atoms with E-state index < -0.39 is 74.8 Å². The lowest BCUT2D eigenvalue weighted by Gasteiger charge is -2.38. The lowest BCUT2D eigenvalue weighted by Crippen LogP contribution is -2.61. The van der Waals surface area contributed by atoms with Crippen molar-refractivity contribution in [2.75, 3.05) is 39.3 Å². The predicted molar refractivity (Wildman–Crippen MR) is 85.4 cm³/mol. The lowest BCUT2D eigenvalue weighted by molar-refractivity contribution is -0.147. The lowest BCUT2D eigenvalue weighted by atomic mass is 10.00. The number of carboxylic acids is 4. The molecular weight excluding hydrogens is 356 g/mol. The summed E-state index contributed by atoms with van der Waals surface area (Å²) in [5.74, 6) is -5.45. The van der Waals surface area contributed by atoms with Crippen molar-refractivity contribution in [1.82, 2.24) is 9.80 Å². The van der Waals surface area contributed by atoms with E-state index in [9.17, 15) is 24.3 Å². The highest BCUT2D eigenvalue weighted by Crippen LogP contribution is 2.10. The van der Waals surface area contributed by atoms with E-state index in [0.29, 0.717) is 0 Å². The number of rotatable bonds is 14. The number of carbonyl (C=O) groups is 4. The van der Waals surface area contributed by atoms with Gasteiger partial charge in [-0.15, -0.1) is 0 Å². The minimum Gasteiger partial charge on any atom is -0.480 e. The molecule has 150 valence electrons. The normalized spacial score (nSPS) is 14.8. The molecule has 0 aliphatic rings. The quantitative estimate of drug-likeness (QED) is 0.152. The Morgan fingerprint density at radius 1 is 0.808 bits per heavy atom. The van der Waals surface area contributed by atoms with Crippen LogP contribution in [0.25, 0.3) is 0 Å². The maximum atomic E-state index is 11.0. The number of hydrogen-bond donors (Lipinski definition) is 7. The summed E-state index contributed by atoms with van der Waals surface area (Å²) in [7, 11) is 0. The second-order valence-corrected chi connectivity index (χ2v) is 5.60. The minimum absolute atomic E-state index is 0.316. The summed E-state index contributed by atoms with van der Waals surface area (Å²) < 4.78 is 0. The van der Waals surface area contributed by atoms with Gasteiger partial charge in [0.2, 0.25) is 0 Å². The largest absolute Gasteiger partial charge is 0.480 e. The molecule has 0 aliphatic heterocycles. The minimum atomic E-state index is -1.38. The van der Waals surface area contributed by atoms with Crippen LogP contribution in [0.4, 0.5) is 0 Å². The Morgan fingerprint density at radius 3 is 1.50 bits per heavy atom. The molecule has 3 atom stereocenters. The first-order valence-corrected chi connectivity index (χ1v) is 7.45. The summed E-state index contributed by atoms with van der Waals surface area (Å²) in [5, 5.41) is 45.6. The first kappa shape index (κ1) is 23.7. The molecule has 0 aromatic heterocycles. The highest BCUT2D eigenvalue weighted by atomic mass is 16.4. The zero-order valence-electron chi connectivity index (χ0n) is 13.9. The van der Waals surface area contributed by atoms with E-state index in [1.807, 2.05) is 0 Å². The van der Waals surface area contributed by atoms with Crippen molar-refractivity contribution in [1.29, 1.82) is 0 Å². The van der Waals surface area contributed by atoms with Gasteiger partial charge in [0.15, 0.2) is 0 Å². The molecule has 3 unspecified atom stereocenters. The van der Waals surface area contributed by atoms with Gasteiger partial charge in [0.05, 0.1) is 32.3 Å². The van der Waals surface area contributed by atoms with Gasteiger partial charge in [-0.3, -0.25) is 29.0 Å². The standard InChI is InChI=1S/C13H24N4O9/c14-1-8(18)13(15)7(17(5-11(23)24)6-12(25)26)2-16(3-9(19)20)4-10(21)22/h7-8,13,18H,1-6,14-15H2,(H,19,20)(H,21,22)(H,23,24)(H,25,26). The molecule has 0 saturated carbocycles. The molecule has 0 aliphatic carbocycles. The Labute approximate surface area is 148 Å². The Hall–Kier alpha value is -2.32. The Balaban J connectivity index is 5.68. The van der Waals surface area contributed by atoms with Gasteiger partial charge < -0.3 is 37.0 Å². The van der Waals surface area contributed by atoms with Crippen LogP contribution in [0.5, 0.6) is 0 Å². The second-order valence-electron chi connectivity index (χ2n) is 5.60.